The Kier molecular flexibility index (Phi) is 6.91. The third kappa shape index (κ3) is 5.42. The van der Waals surface area contributed by atoms with E-state index < -0.39 is 11.7 Å². The summed E-state index contributed by atoms with van der Waals surface area (Å²) in [6.45, 7) is 5.70. The van der Waals surface area contributed by atoms with Gasteiger partial charge in [-0.3, -0.25) is 4.79 Å². The predicted molar refractivity (Wildman–Crippen MR) is 96.9 cm³/mol. The highest BCUT2D eigenvalue weighted by molar-refractivity contribution is 5.92. The van der Waals surface area contributed by atoms with Gasteiger partial charge in [-0.15, -0.1) is 0 Å². The molecule has 0 saturated carbocycles. The Morgan fingerprint density at radius 2 is 2.12 bits per heavy atom. The molecule has 1 aromatic heterocycles. The molecule has 0 atom stereocenters. The summed E-state index contributed by atoms with van der Waals surface area (Å²) in [5, 5.41) is 3.28. The van der Waals surface area contributed by atoms with Gasteiger partial charge in [-0.2, -0.15) is 0 Å². The summed E-state index contributed by atoms with van der Waals surface area (Å²) in [6, 6.07) is 6.03. The number of ether oxygens (including phenoxy) is 2. The fraction of sp³-hybridized carbons (Fsp3) is 0.368. The fourth-order valence-electron chi connectivity index (χ4n) is 2.29. The molecule has 0 aliphatic rings. The molecule has 0 bridgehead atoms. The first kappa shape index (κ1) is 19.7. The lowest BCUT2D eigenvalue weighted by atomic mass is 10.1. The molecular weight excluding hydrogens is 337 g/mol. The molecule has 0 aliphatic heterocycles. The van der Waals surface area contributed by atoms with E-state index in [1.807, 2.05) is 0 Å². The van der Waals surface area contributed by atoms with Crippen LogP contribution in [0, 0.1) is 11.7 Å². The summed E-state index contributed by atoms with van der Waals surface area (Å²) < 4.78 is 25.2. The van der Waals surface area contributed by atoms with Crippen LogP contribution in [0.4, 0.5) is 4.39 Å². The van der Waals surface area contributed by atoms with Crippen LogP contribution < -0.4 is 20.5 Å². The summed E-state index contributed by atoms with van der Waals surface area (Å²) in [5.74, 6) is -0.190. The van der Waals surface area contributed by atoms with Gasteiger partial charge in [0.2, 0.25) is 17.5 Å². The number of nitrogens with zero attached hydrogens (tertiary/aromatic N) is 1. The van der Waals surface area contributed by atoms with E-state index in [2.05, 4.69) is 24.1 Å². The SMILES string of the molecule is COc1cc(CNCCC(C)C)cc(F)c1Oc1ccc(C(N)=O)cn1. The van der Waals surface area contributed by atoms with Crippen LogP contribution in [0.1, 0.15) is 36.2 Å². The van der Waals surface area contributed by atoms with Crippen LogP contribution in [0.15, 0.2) is 30.5 Å². The van der Waals surface area contributed by atoms with Gasteiger partial charge in [-0.1, -0.05) is 13.8 Å². The highest BCUT2D eigenvalue weighted by Gasteiger charge is 2.15. The molecule has 0 unspecified atom stereocenters. The van der Waals surface area contributed by atoms with Gasteiger partial charge < -0.3 is 20.5 Å². The number of benzene rings is 1. The Morgan fingerprint density at radius 3 is 2.69 bits per heavy atom. The molecule has 140 valence electrons. The predicted octanol–water partition coefficient (Wildman–Crippen LogP) is 3.26. The second-order valence-electron chi connectivity index (χ2n) is 6.32. The van der Waals surface area contributed by atoms with Gasteiger partial charge in [0.1, 0.15) is 0 Å². The Balaban J connectivity index is 2.11. The standard InChI is InChI=1S/C19H24FN3O3/c1-12(2)6-7-22-10-13-8-15(20)18(16(9-13)25-3)26-17-5-4-14(11-23-17)19(21)24/h4-5,8-9,11-12,22H,6-7,10H2,1-3H3,(H2,21,24). The third-order valence-electron chi connectivity index (χ3n) is 3.74. The van der Waals surface area contributed by atoms with E-state index in [1.54, 1.807) is 6.07 Å². The first-order valence-electron chi connectivity index (χ1n) is 8.41. The van der Waals surface area contributed by atoms with Crippen LogP contribution in [0.3, 0.4) is 0 Å². The number of pyridine rings is 1. The molecule has 7 heteroatoms. The number of hydrogen-bond acceptors (Lipinski definition) is 5. The maximum absolute atomic E-state index is 14.5. The molecule has 0 aliphatic carbocycles. The van der Waals surface area contributed by atoms with E-state index >= 15 is 0 Å². The fourth-order valence-corrected chi connectivity index (χ4v) is 2.29. The van der Waals surface area contributed by atoms with Crippen molar-refractivity contribution in [2.75, 3.05) is 13.7 Å². The molecule has 26 heavy (non-hydrogen) atoms. The first-order valence-corrected chi connectivity index (χ1v) is 8.41. The molecule has 2 aromatic rings. The minimum absolute atomic E-state index is 0.0576. The zero-order chi connectivity index (χ0) is 19.1. The molecule has 0 saturated heterocycles. The number of aromatic nitrogens is 1. The average Bonchev–Trinajstić information content (AvgIpc) is 2.61. The molecule has 1 aromatic carbocycles. The van der Waals surface area contributed by atoms with Gasteiger partial charge >= 0.3 is 0 Å². The van der Waals surface area contributed by atoms with Gasteiger partial charge in [0.05, 0.1) is 12.7 Å². The van der Waals surface area contributed by atoms with E-state index in [4.69, 9.17) is 15.2 Å². The van der Waals surface area contributed by atoms with Crippen LogP contribution in [-0.2, 0) is 6.54 Å². The van der Waals surface area contributed by atoms with Crippen LogP contribution >= 0.6 is 0 Å². The summed E-state index contributed by atoms with van der Waals surface area (Å²) in [6.07, 6.45) is 2.32. The number of nitrogens with one attached hydrogen (secondary N) is 1. The van der Waals surface area contributed by atoms with E-state index in [0.717, 1.165) is 18.5 Å². The molecule has 6 nitrogen and oxygen atoms in total. The van der Waals surface area contributed by atoms with Crippen molar-refractivity contribution >= 4 is 5.91 Å². The van der Waals surface area contributed by atoms with Gasteiger partial charge in [0, 0.05) is 18.8 Å². The van der Waals surface area contributed by atoms with Gasteiger partial charge in [-0.25, -0.2) is 9.37 Å². The Labute approximate surface area is 152 Å². The quantitative estimate of drug-likeness (QED) is 0.670. The van der Waals surface area contributed by atoms with Gasteiger partial charge in [-0.05, 0) is 42.6 Å². The number of carbonyl (C=O) groups is 1. The number of amides is 1. The summed E-state index contributed by atoms with van der Waals surface area (Å²) in [4.78, 5) is 15.0. The van der Waals surface area contributed by atoms with Crippen molar-refractivity contribution in [2.24, 2.45) is 11.7 Å². The van der Waals surface area contributed by atoms with Crippen LogP contribution in [0.2, 0.25) is 0 Å². The zero-order valence-corrected chi connectivity index (χ0v) is 15.2. The molecule has 0 radical (unpaired) electrons. The summed E-state index contributed by atoms with van der Waals surface area (Å²) >= 11 is 0. The van der Waals surface area contributed by atoms with E-state index in [1.165, 1.54) is 31.5 Å². The minimum atomic E-state index is -0.595. The maximum Gasteiger partial charge on any atom is 0.250 e. The van der Waals surface area contributed by atoms with E-state index in [0.29, 0.717) is 12.5 Å². The van der Waals surface area contributed by atoms with Gasteiger partial charge in [0.25, 0.3) is 0 Å². The Morgan fingerprint density at radius 1 is 1.35 bits per heavy atom. The van der Waals surface area contributed by atoms with Crippen LogP contribution in [-0.4, -0.2) is 24.5 Å². The lowest BCUT2D eigenvalue weighted by molar-refractivity contribution is 0.1000. The molecule has 1 amide bonds. The van der Waals surface area contributed by atoms with Crippen molar-refractivity contribution in [3.63, 3.8) is 0 Å². The Hall–Kier alpha value is -2.67. The lowest BCUT2D eigenvalue weighted by Gasteiger charge is -2.13. The highest BCUT2D eigenvalue weighted by Crippen LogP contribution is 2.34. The van der Waals surface area contributed by atoms with Crippen molar-refractivity contribution in [3.05, 3.63) is 47.4 Å². The van der Waals surface area contributed by atoms with E-state index in [-0.39, 0.29) is 22.9 Å². The van der Waals surface area contributed by atoms with Crippen molar-refractivity contribution in [2.45, 2.75) is 26.8 Å². The van der Waals surface area contributed by atoms with Crippen molar-refractivity contribution in [1.29, 1.82) is 0 Å². The second kappa shape index (κ2) is 9.15. The van der Waals surface area contributed by atoms with Crippen molar-refractivity contribution in [1.82, 2.24) is 10.3 Å². The molecule has 3 N–H and O–H groups in total. The average molecular weight is 361 g/mol. The smallest absolute Gasteiger partial charge is 0.250 e. The zero-order valence-electron chi connectivity index (χ0n) is 15.2. The largest absolute Gasteiger partial charge is 0.493 e. The minimum Gasteiger partial charge on any atom is -0.493 e. The number of halogens is 1. The second-order valence-corrected chi connectivity index (χ2v) is 6.32. The van der Waals surface area contributed by atoms with Crippen molar-refractivity contribution < 1.29 is 18.7 Å². The number of hydrogen-bond donors (Lipinski definition) is 2. The highest BCUT2D eigenvalue weighted by atomic mass is 19.1. The third-order valence-corrected chi connectivity index (χ3v) is 3.74. The topological polar surface area (TPSA) is 86.5 Å². The molecule has 0 spiro atoms. The lowest BCUT2D eigenvalue weighted by Crippen LogP contribution is -2.16. The summed E-state index contributed by atoms with van der Waals surface area (Å²) in [7, 11) is 1.45. The molecular formula is C19H24FN3O3. The number of rotatable bonds is 9. The maximum atomic E-state index is 14.5. The number of primary amides is 1. The van der Waals surface area contributed by atoms with E-state index in [9.17, 15) is 9.18 Å². The summed E-state index contributed by atoms with van der Waals surface area (Å²) in [5.41, 5.74) is 6.16. The van der Waals surface area contributed by atoms with Gasteiger partial charge in [0.15, 0.2) is 11.6 Å². The van der Waals surface area contributed by atoms with Crippen molar-refractivity contribution in [3.8, 4) is 17.4 Å². The normalized spacial score (nSPS) is 10.8. The number of carbonyl (C=O) groups excluding carboxylic acids is 1. The monoisotopic (exact) mass is 361 g/mol. The number of methoxy groups -OCH3 is 1. The molecule has 0 fully saturated rings. The first-order chi connectivity index (χ1) is 12.4. The molecule has 1 heterocycles. The number of nitrogens with two attached hydrogens (primary N) is 1. The van der Waals surface area contributed by atoms with Crippen LogP contribution in [0.5, 0.6) is 17.4 Å². The molecule has 2 rings (SSSR count). The van der Waals surface area contributed by atoms with Crippen LogP contribution in [0.25, 0.3) is 0 Å². The Bertz CT molecular complexity index is 748.